The van der Waals surface area contributed by atoms with E-state index in [2.05, 4.69) is 52.8 Å². The topological polar surface area (TPSA) is 37.3 Å². The molecule has 3 aliphatic carbocycles. The molecule has 5 atom stereocenters. The lowest BCUT2D eigenvalue weighted by Gasteiger charge is -2.40. The van der Waals surface area contributed by atoms with Crippen molar-refractivity contribution in [2.75, 3.05) is 6.61 Å². The summed E-state index contributed by atoms with van der Waals surface area (Å²) in [5.74, 6) is 2.30. The zero-order chi connectivity index (χ0) is 19.8. The number of aliphatic hydroxyl groups is 1. The number of rotatable bonds is 4. The van der Waals surface area contributed by atoms with Crippen LogP contribution < -0.4 is 0 Å². The van der Waals surface area contributed by atoms with E-state index in [9.17, 15) is 9.90 Å². The Bertz CT molecular complexity index is 717. The number of allylic oxidation sites excluding steroid dienone is 7. The number of ketones is 1. The van der Waals surface area contributed by atoms with Gasteiger partial charge in [-0.3, -0.25) is 4.79 Å². The number of carbonyl (C=O) groups excluding carboxylic acids is 1. The maximum Gasteiger partial charge on any atom is 0.182 e. The van der Waals surface area contributed by atoms with Crippen LogP contribution in [0, 0.1) is 29.1 Å². The summed E-state index contributed by atoms with van der Waals surface area (Å²) in [6.45, 7) is 11.2. The molecule has 0 aromatic rings. The molecule has 3 aliphatic rings. The molecular formula is C25H36O2. The minimum Gasteiger partial charge on any atom is -0.392 e. The molecule has 1 N–H and O–H groups in total. The van der Waals surface area contributed by atoms with Gasteiger partial charge in [0.05, 0.1) is 6.61 Å². The van der Waals surface area contributed by atoms with Gasteiger partial charge in [0.1, 0.15) is 0 Å². The van der Waals surface area contributed by atoms with Gasteiger partial charge in [0.15, 0.2) is 5.78 Å². The van der Waals surface area contributed by atoms with Crippen molar-refractivity contribution in [2.24, 2.45) is 29.1 Å². The molecule has 1 fully saturated rings. The molecule has 27 heavy (non-hydrogen) atoms. The van der Waals surface area contributed by atoms with Gasteiger partial charge in [-0.25, -0.2) is 0 Å². The second kappa shape index (κ2) is 7.91. The summed E-state index contributed by atoms with van der Waals surface area (Å²) in [6, 6.07) is 0. The van der Waals surface area contributed by atoms with E-state index in [1.165, 1.54) is 24.0 Å². The van der Waals surface area contributed by atoms with Crippen LogP contribution in [-0.2, 0) is 4.79 Å². The van der Waals surface area contributed by atoms with E-state index in [1.807, 2.05) is 6.08 Å². The molecule has 148 valence electrons. The summed E-state index contributed by atoms with van der Waals surface area (Å²) in [6.07, 6.45) is 14.2. The molecule has 5 unspecified atom stereocenters. The SMILES string of the molecule is CC(C)=CC=CC(C)C1CCC2(C)CC3C(C)=CC(=O)C3=C(CO)CCC12. The first-order chi connectivity index (χ1) is 12.8. The number of fused-ring (bicyclic) bond motifs is 2. The highest BCUT2D eigenvalue weighted by molar-refractivity contribution is 6.08. The van der Waals surface area contributed by atoms with Gasteiger partial charge in [-0.1, -0.05) is 43.2 Å². The first-order valence-corrected chi connectivity index (χ1v) is 10.6. The first-order valence-electron chi connectivity index (χ1n) is 10.6. The van der Waals surface area contributed by atoms with E-state index >= 15 is 0 Å². The Kier molecular flexibility index (Phi) is 5.96. The molecule has 1 saturated carbocycles. The Morgan fingerprint density at radius 1 is 1.37 bits per heavy atom. The third-order valence-corrected chi connectivity index (χ3v) is 7.50. The first kappa shape index (κ1) is 20.3. The Morgan fingerprint density at radius 2 is 2.11 bits per heavy atom. The summed E-state index contributed by atoms with van der Waals surface area (Å²) in [5, 5.41) is 9.96. The molecule has 0 bridgehead atoms. The molecule has 0 aliphatic heterocycles. The Morgan fingerprint density at radius 3 is 2.78 bits per heavy atom. The van der Waals surface area contributed by atoms with E-state index < -0.39 is 0 Å². The van der Waals surface area contributed by atoms with Gasteiger partial charge in [-0.05, 0) is 87.7 Å². The molecule has 0 radical (unpaired) electrons. The van der Waals surface area contributed by atoms with E-state index in [1.54, 1.807) is 0 Å². The fourth-order valence-electron chi connectivity index (χ4n) is 5.97. The highest BCUT2D eigenvalue weighted by Gasteiger charge is 2.49. The van der Waals surface area contributed by atoms with Crippen LogP contribution in [0.25, 0.3) is 0 Å². The maximum absolute atomic E-state index is 12.5. The van der Waals surface area contributed by atoms with Crippen molar-refractivity contribution >= 4 is 5.78 Å². The maximum atomic E-state index is 12.5. The van der Waals surface area contributed by atoms with Gasteiger partial charge in [0, 0.05) is 11.5 Å². The quantitative estimate of drug-likeness (QED) is 0.637. The van der Waals surface area contributed by atoms with E-state index in [-0.39, 0.29) is 18.3 Å². The normalized spacial score (nSPS) is 34.8. The molecule has 0 spiro atoms. The standard InChI is InChI=1S/C25H36O2/c1-16(2)7-6-8-17(3)20-11-12-25(5)14-21-18(4)13-23(27)24(21)19(15-26)9-10-22(20)25/h6-8,13,17,20-22,26H,9-12,14-15H2,1-5H3. The van der Waals surface area contributed by atoms with E-state index in [0.29, 0.717) is 23.2 Å². The molecule has 0 amide bonds. The van der Waals surface area contributed by atoms with Crippen molar-refractivity contribution in [1.29, 1.82) is 0 Å². The smallest absolute Gasteiger partial charge is 0.182 e. The van der Waals surface area contributed by atoms with Crippen LogP contribution in [0.1, 0.15) is 66.7 Å². The fourth-order valence-corrected chi connectivity index (χ4v) is 5.97. The van der Waals surface area contributed by atoms with Crippen molar-refractivity contribution in [3.63, 3.8) is 0 Å². The number of aliphatic hydroxyl groups excluding tert-OH is 1. The van der Waals surface area contributed by atoms with Gasteiger partial charge in [-0.2, -0.15) is 0 Å². The predicted molar refractivity (Wildman–Crippen MR) is 112 cm³/mol. The Hall–Kier alpha value is -1.41. The lowest BCUT2D eigenvalue weighted by molar-refractivity contribution is -0.111. The van der Waals surface area contributed by atoms with Crippen LogP contribution in [0.4, 0.5) is 0 Å². The summed E-state index contributed by atoms with van der Waals surface area (Å²) in [4.78, 5) is 12.5. The Balaban J connectivity index is 1.88. The van der Waals surface area contributed by atoms with Crippen LogP contribution >= 0.6 is 0 Å². The third kappa shape index (κ3) is 3.92. The number of hydrogen-bond acceptors (Lipinski definition) is 2. The molecule has 0 aromatic carbocycles. The van der Waals surface area contributed by atoms with Crippen molar-refractivity contribution < 1.29 is 9.90 Å². The fraction of sp³-hybridized carbons (Fsp3) is 0.640. The van der Waals surface area contributed by atoms with Crippen molar-refractivity contribution in [2.45, 2.75) is 66.7 Å². The zero-order valence-corrected chi connectivity index (χ0v) is 17.7. The minimum atomic E-state index is 0.0306. The lowest BCUT2D eigenvalue weighted by Crippen LogP contribution is -2.32. The second-order valence-corrected chi connectivity index (χ2v) is 9.67. The van der Waals surface area contributed by atoms with E-state index in [0.717, 1.165) is 30.4 Å². The van der Waals surface area contributed by atoms with Crippen LogP contribution in [-0.4, -0.2) is 17.5 Å². The molecule has 0 heterocycles. The third-order valence-electron chi connectivity index (χ3n) is 7.50. The molecular weight excluding hydrogens is 332 g/mol. The summed E-state index contributed by atoms with van der Waals surface area (Å²) < 4.78 is 0. The number of carbonyl (C=O) groups is 1. The van der Waals surface area contributed by atoms with Gasteiger partial charge in [-0.15, -0.1) is 0 Å². The van der Waals surface area contributed by atoms with Gasteiger partial charge in [0.25, 0.3) is 0 Å². The number of hydrogen-bond donors (Lipinski definition) is 1. The Labute approximate surface area is 165 Å². The van der Waals surface area contributed by atoms with Crippen molar-refractivity contribution in [1.82, 2.24) is 0 Å². The zero-order valence-electron chi connectivity index (χ0n) is 17.7. The average Bonchev–Trinajstić information content (AvgIpc) is 3.04. The highest BCUT2D eigenvalue weighted by atomic mass is 16.3. The molecule has 0 aromatic heterocycles. The van der Waals surface area contributed by atoms with Gasteiger partial charge >= 0.3 is 0 Å². The minimum absolute atomic E-state index is 0.0306. The van der Waals surface area contributed by atoms with E-state index in [4.69, 9.17) is 0 Å². The largest absolute Gasteiger partial charge is 0.392 e. The van der Waals surface area contributed by atoms with Gasteiger partial charge in [0.2, 0.25) is 0 Å². The molecule has 2 heteroatoms. The highest BCUT2D eigenvalue weighted by Crippen LogP contribution is 2.58. The summed E-state index contributed by atoms with van der Waals surface area (Å²) in [7, 11) is 0. The van der Waals surface area contributed by atoms with Gasteiger partial charge < -0.3 is 5.11 Å². The van der Waals surface area contributed by atoms with Crippen LogP contribution in [0.15, 0.2) is 46.6 Å². The van der Waals surface area contributed by atoms with Crippen molar-refractivity contribution in [3.05, 3.63) is 46.6 Å². The predicted octanol–water partition coefficient (Wildman–Crippen LogP) is 5.80. The summed E-state index contributed by atoms with van der Waals surface area (Å²) in [5.41, 5.74) is 4.75. The second-order valence-electron chi connectivity index (χ2n) is 9.67. The monoisotopic (exact) mass is 368 g/mol. The molecule has 0 saturated heterocycles. The molecule has 3 rings (SSSR count). The lowest BCUT2D eigenvalue weighted by atomic mass is 9.64. The molecule has 2 nitrogen and oxygen atoms in total. The average molecular weight is 369 g/mol. The van der Waals surface area contributed by atoms with Crippen molar-refractivity contribution in [3.8, 4) is 0 Å². The van der Waals surface area contributed by atoms with Crippen LogP contribution in [0.5, 0.6) is 0 Å². The summed E-state index contributed by atoms with van der Waals surface area (Å²) >= 11 is 0. The van der Waals surface area contributed by atoms with Crippen LogP contribution in [0.3, 0.4) is 0 Å². The van der Waals surface area contributed by atoms with Crippen LogP contribution in [0.2, 0.25) is 0 Å².